The Hall–Kier alpha value is -1.34. The third kappa shape index (κ3) is 3.83. The zero-order valence-corrected chi connectivity index (χ0v) is 16.9. The van der Waals surface area contributed by atoms with Crippen LogP contribution in [0.2, 0.25) is 0 Å². The van der Waals surface area contributed by atoms with Gasteiger partial charge in [-0.3, -0.25) is 14.5 Å². The van der Waals surface area contributed by atoms with E-state index in [1.165, 1.54) is 0 Å². The summed E-state index contributed by atoms with van der Waals surface area (Å²) in [4.78, 5) is 41.1. The molecule has 7 nitrogen and oxygen atoms in total. The van der Waals surface area contributed by atoms with Crippen molar-refractivity contribution in [1.29, 1.82) is 0 Å². The van der Waals surface area contributed by atoms with Crippen LogP contribution in [0.25, 0.3) is 0 Å². The van der Waals surface area contributed by atoms with Crippen LogP contribution in [0.3, 0.4) is 0 Å². The van der Waals surface area contributed by atoms with Crippen LogP contribution in [-0.4, -0.2) is 65.4 Å². The third-order valence-electron chi connectivity index (χ3n) is 5.74. The molecule has 3 aliphatic rings. The lowest BCUT2D eigenvalue weighted by Crippen LogP contribution is -2.56. The maximum atomic E-state index is 13.1. The van der Waals surface area contributed by atoms with Crippen molar-refractivity contribution in [3.05, 3.63) is 0 Å². The van der Waals surface area contributed by atoms with Gasteiger partial charge in [0.1, 0.15) is 12.1 Å². The number of halogens is 1. The van der Waals surface area contributed by atoms with Crippen molar-refractivity contribution in [3.63, 3.8) is 0 Å². The van der Waals surface area contributed by atoms with Gasteiger partial charge in [-0.1, -0.05) is 20.8 Å². The first kappa shape index (κ1) is 21.0. The van der Waals surface area contributed by atoms with Gasteiger partial charge in [0.05, 0.1) is 0 Å². The third-order valence-corrected chi connectivity index (χ3v) is 5.74. The Morgan fingerprint density at radius 3 is 2.54 bits per heavy atom. The molecule has 2 aliphatic heterocycles. The monoisotopic (exact) mass is 386 g/mol. The predicted octanol–water partition coefficient (Wildman–Crippen LogP) is 1.37. The maximum Gasteiger partial charge on any atom is 0.325 e. The van der Waals surface area contributed by atoms with Gasteiger partial charge in [0.15, 0.2) is 0 Å². The lowest BCUT2D eigenvalue weighted by Gasteiger charge is -2.43. The molecule has 3 fully saturated rings. The Morgan fingerprint density at radius 2 is 1.92 bits per heavy atom. The fourth-order valence-corrected chi connectivity index (χ4v) is 5.09. The smallest absolute Gasteiger partial charge is 0.325 e. The summed E-state index contributed by atoms with van der Waals surface area (Å²) in [6.45, 7) is 10.3. The van der Waals surface area contributed by atoms with Gasteiger partial charge in [0.25, 0.3) is 5.91 Å². The average Bonchev–Trinajstić information content (AvgIpc) is 2.69. The molecule has 0 aromatic rings. The lowest BCUT2D eigenvalue weighted by molar-refractivity contribution is -0.142. The fourth-order valence-electron chi connectivity index (χ4n) is 5.09. The Morgan fingerprint density at radius 1 is 1.23 bits per heavy atom. The standard InChI is InChI=1S/C18H30N4O3.ClH/c1-12-7-17(3,4)11-18(8-12)15(24)22(16(25)20-18)10-14(23)21-6-5-19-9-13(21)2;/h12-13,19H,5-11H2,1-4H3,(H,20,25);1H. The molecule has 8 heteroatoms. The molecular weight excluding hydrogens is 356 g/mol. The molecule has 26 heavy (non-hydrogen) atoms. The van der Waals surface area contributed by atoms with Crippen molar-refractivity contribution < 1.29 is 14.4 Å². The van der Waals surface area contributed by atoms with Crippen molar-refractivity contribution in [3.8, 4) is 0 Å². The number of amides is 4. The Kier molecular flexibility index (Phi) is 5.93. The number of hydrogen-bond acceptors (Lipinski definition) is 4. The number of carbonyl (C=O) groups excluding carboxylic acids is 3. The molecule has 1 saturated carbocycles. The molecule has 2 N–H and O–H groups in total. The number of rotatable bonds is 2. The number of nitrogens with one attached hydrogen (secondary N) is 2. The molecule has 4 amide bonds. The van der Waals surface area contributed by atoms with Crippen LogP contribution in [0.1, 0.15) is 47.0 Å². The first-order valence-corrected chi connectivity index (χ1v) is 9.28. The minimum Gasteiger partial charge on any atom is -0.336 e. The van der Waals surface area contributed by atoms with Crippen molar-refractivity contribution >= 4 is 30.3 Å². The molecular formula is C18H31ClN4O3. The molecule has 148 valence electrons. The van der Waals surface area contributed by atoms with E-state index in [-0.39, 0.29) is 42.2 Å². The second kappa shape index (κ2) is 7.35. The zero-order chi connectivity index (χ0) is 18.4. The van der Waals surface area contributed by atoms with E-state index in [0.717, 1.165) is 24.4 Å². The molecule has 2 saturated heterocycles. The number of urea groups is 1. The summed E-state index contributed by atoms with van der Waals surface area (Å²) >= 11 is 0. The minimum absolute atomic E-state index is 0. The SMILES string of the molecule is CC1CC(C)(C)CC2(C1)NC(=O)N(CC(=O)N1CCNCC1C)C2=O.Cl. The van der Waals surface area contributed by atoms with Crippen LogP contribution in [0.15, 0.2) is 0 Å². The molecule has 0 bridgehead atoms. The molecule has 1 spiro atoms. The number of imide groups is 1. The van der Waals surface area contributed by atoms with Gasteiger partial charge in [-0.15, -0.1) is 12.4 Å². The van der Waals surface area contributed by atoms with E-state index in [1.54, 1.807) is 4.90 Å². The summed E-state index contributed by atoms with van der Waals surface area (Å²) in [5, 5.41) is 6.17. The molecule has 0 radical (unpaired) electrons. The second-order valence-electron chi connectivity index (χ2n) is 8.90. The van der Waals surface area contributed by atoms with Gasteiger partial charge < -0.3 is 15.5 Å². The number of piperazine rings is 1. The van der Waals surface area contributed by atoms with E-state index in [4.69, 9.17) is 0 Å². The highest BCUT2D eigenvalue weighted by Gasteiger charge is 2.56. The van der Waals surface area contributed by atoms with E-state index in [2.05, 4.69) is 31.4 Å². The van der Waals surface area contributed by atoms with Crippen LogP contribution < -0.4 is 10.6 Å². The van der Waals surface area contributed by atoms with E-state index in [0.29, 0.717) is 25.3 Å². The lowest BCUT2D eigenvalue weighted by atomic mass is 9.64. The van der Waals surface area contributed by atoms with E-state index in [1.807, 2.05) is 6.92 Å². The van der Waals surface area contributed by atoms with Crippen LogP contribution in [-0.2, 0) is 9.59 Å². The minimum atomic E-state index is -0.840. The largest absolute Gasteiger partial charge is 0.336 e. The highest BCUT2D eigenvalue weighted by Crippen LogP contribution is 2.46. The topological polar surface area (TPSA) is 81.8 Å². The van der Waals surface area contributed by atoms with Crippen LogP contribution in [0.4, 0.5) is 4.79 Å². The molecule has 3 unspecified atom stereocenters. The quantitative estimate of drug-likeness (QED) is 0.702. The van der Waals surface area contributed by atoms with Crippen LogP contribution >= 0.6 is 12.4 Å². The summed E-state index contributed by atoms with van der Waals surface area (Å²) < 4.78 is 0. The Labute approximate surface area is 161 Å². The van der Waals surface area contributed by atoms with Crippen molar-refractivity contribution in [2.45, 2.75) is 58.5 Å². The second-order valence-corrected chi connectivity index (χ2v) is 8.90. The van der Waals surface area contributed by atoms with Gasteiger partial charge >= 0.3 is 6.03 Å². The van der Waals surface area contributed by atoms with E-state index in [9.17, 15) is 14.4 Å². The molecule has 3 rings (SSSR count). The predicted molar refractivity (Wildman–Crippen MR) is 101 cm³/mol. The van der Waals surface area contributed by atoms with Gasteiger partial charge in [-0.2, -0.15) is 0 Å². The van der Waals surface area contributed by atoms with Crippen molar-refractivity contribution in [1.82, 2.24) is 20.4 Å². The molecule has 2 heterocycles. The zero-order valence-electron chi connectivity index (χ0n) is 16.1. The van der Waals surface area contributed by atoms with Gasteiger partial charge in [0, 0.05) is 25.7 Å². The van der Waals surface area contributed by atoms with Crippen LogP contribution in [0, 0.1) is 11.3 Å². The summed E-state index contributed by atoms with van der Waals surface area (Å²) in [6, 6.07) is -0.351. The summed E-state index contributed by atoms with van der Waals surface area (Å²) in [6.07, 6.45) is 2.31. The number of carbonyl (C=O) groups is 3. The summed E-state index contributed by atoms with van der Waals surface area (Å²) in [5.41, 5.74) is -0.846. The number of nitrogens with zero attached hydrogens (tertiary/aromatic N) is 2. The van der Waals surface area contributed by atoms with Gasteiger partial charge in [-0.25, -0.2) is 4.79 Å². The highest BCUT2D eigenvalue weighted by molar-refractivity contribution is 6.09. The molecule has 1 aliphatic carbocycles. The number of hydrogen-bond donors (Lipinski definition) is 2. The molecule has 3 atom stereocenters. The molecule has 0 aromatic heterocycles. The average molecular weight is 387 g/mol. The van der Waals surface area contributed by atoms with Crippen molar-refractivity contribution in [2.24, 2.45) is 11.3 Å². The summed E-state index contributed by atoms with van der Waals surface area (Å²) in [5.74, 6) is -0.0252. The van der Waals surface area contributed by atoms with E-state index >= 15 is 0 Å². The first-order valence-electron chi connectivity index (χ1n) is 9.28. The van der Waals surface area contributed by atoms with Crippen LogP contribution in [0.5, 0.6) is 0 Å². The maximum absolute atomic E-state index is 13.1. The van der Waals surface area contributed by atoms with E-state index < -0.39 is 11.6 Å². The Balaban J connectivity index is 0.00000243. The van der Waals surface area contributed by atoms with Crippen molar-refractivity contribution in [2.75, 3.05) is 26.2 Å². The van der Waals surface area contributed by atoms with Gasteiger partial charge in [0.2, 0.25) is 5.91 Å². The fraction of sp³-hybridized carbons (Fsp3) is 0.833. The normalized spacial score (nSPS) is 33.8. The van der Waals surface area contributed by atoms with Gasteiger partial charge in [-0.05, 0) is 37.5 Å². The Bertz CT molecular complexity index is 597. The first-order chi connectivity index (χ1) is 11.6. The summed E-state index contributed by atoms with van der Waals surface area (Å²) in [7, 11) is 0. The molecule has 0 aromatic carbocycles. The highest BCUT2D eigenvalue weighted by atomic mass is 35.5.